The van der Waals surface area contributed by atoms with E-state index in [1.54, 1.807) is 0 Å². The summed E-state index contributed by atoms with van der Waals surface area (Å²) in [6.45, 7) is 0. The predicted octanol–water partition coefficient (Wildman–Crippen LogP) is 2.66. The van der Waals surface area contributed by atoms with E-state index in [1.807, 2.05) is 0 Å². The summed E-state index contributed by atoms with van der Waals surface area (Å²) < 4.78 is 13.7. The van der Waals surface area contributed by atoms with Gasteiger partial charge in [0.15, 0.2) is 5.82 Å². The molecule has 18 heavy (non-hydrogen) atoms. The normalized spacial score (nSPS) is 10.7. The first-order chi connectivity index (χ1) is 8.54. The maximum absolute atomic E-state index is 13.7. The second kappa shape index (κ2) is 4.88. The van der Waals surface area contributed by atoms with Crippen molar-refractivity contribution in [3.05, 3.63) is 40.8 Å². The molecule has 1 heterocycles. The second-order valence-electron chi connectivity index (χ2n) is 3.63. The molecule has 0 radical (unpaired) electrons. The Labute approximate surface area is 108 Å². The smallest absolute Gasteiger partial charge is 0.274 e. The molecule has 2 aromatic rings. The Hall–Kier alpha value is -1.72. The minimum Gasteiger partial charge on any atom is -0.274 e. The topological polar surface area (TPSA) is 42.4 Å². The number of carbonyl (C=O) groups is 1. The SMILES string of the molecule is CON(C)C(=O)c1ccnc2c(F)cc(Cl)cc12. The van der Waals surface area contributed by atoms with Crippen molar-refractivity contribution >= 4 is 28.4 Å². The van der Waals surface area contributed by atoms with E-state index in [0.717, 1.165) is 11.1 Å². The molecule has 0 fully saturated rings. The molecule has 0 aliphatic carbocycles. The number of hydrogen-bond acceptors (Lipinski definition) is 3. The lowest BCUT2D eigenvalue weighted by Crippen LogP contribution is -2.25. The number of hydroxylamine groups is 2. The standard InChI is InChI=1S/C12H10ClFN2O2/c1-16(18-2)12(17)8-3-4-15-11-9(8)5-7(13)6-10(11)14/h3-6H,1-2H3. The van der Waals surface area contributed by atoms with Crippen molar-refractivity contribution in [3.8, 4) is 0 Å². The molecular formula is C12H10ClFN2O2. The zero-order valence-corrected chi connectivity index (χ0v) is 10.5. The van der Waals surface area contributed by atoms with Crippen LogP contribution in [0, 0.1) is 5.82 Å². The maximum atomic E-state index is 13.7. The lowest BCUT2D eigenvalue weighted by molar-refractivity contribution is -0.0755. The highest BCUT2D eigenvalue weighted by molar-refractivity contribution is 6.31. The Morgan fingerprint density at radius 1 is 1.50 bits per heavy atom. The number of fused-ring (bicyclic) bond motifs is 1. The van der Waals surface area contributed by atoms with Gasteiger partial charge in [-0.25, -0.2) is 9.45 Å². The first kappa shape index (κ1) is 12.7. The van der Waals surface area contributed by atoms with E-state index in [0.29, 0.717) is 5.39 Å². The van der Waals surface area contributed by atoms with E-state index in [2.05, 4.69) is 4.98 Å². The first-order valence-corrected chi connectivity index (χ1v) is 5.48. The Kier molecular flexibility index (Phi) is 3.45. The molecule has 0 aliphatic heterocycles. The zero-order valence-electron chi connectivity index (χ0n) is 9.78. The molecule has 0 N–H and O–H groups in total. The van der Waals surface area contributed by atoms with Crippen LogP contribution in [-0.4, -0.2) is 30.1 Å². The molecule has 0 saturated heterocycles. The summed E-state index contributed by atoms with van der Waals surface area (Å²) in [5.41, 5.74) is 0.389. The van der Waals surface area contributed by atoms with Crippen LogP contribution < -0.4 is 0 Å². The summed E-state index contributed by atoms with van der Waals surface area (Å²) in [7, 11) is 2.84. The molecule has 4 nitrogen and oxygen atoms in total. The zero-order chi connectivity index (χ0) is 13.3. The summed E-state index contributed by atoms with van der Waals surface area (Å²) in [4.78, 5) is 20.7. The van der Waals surface area contributed by atoms with Gasteiger partial charge in [0.1, 0.15) is 5.52 Å². The van der Waals surface area contributed by atoms with Crippen LogP contribution in [0.15, 0.2) is 24.4 Å². The van der Waals surface area contributed by atoms with Crippen LogP contribution in [0.5, 0.6) is 0 Å². The monoisotopic (exact) mass is 268 g/mol. The Morgan fingerprint density at radius 3 is 2.89 bits per heavy atom. The third kappa shape index (κ3) is 2.14. The number of nitrogens with zero attached hydrogens (tertiary/aromatic N) is 2. The van der Waals surface area contributed by atoms with Gasteiger partial charge >= 0.3 is 0 Å². The fourth-order valence-electron chi connectivity index (χ4n) is 1.62. The fourth-order valence-corrected chi connectivity index (χ4v) is 1.82. The number of amides is 1. The highest BCUT2D eigenvalue weighted by Crippen LogP contribution is 2.24. The maximum Gasteiger partial charge on any atom is 0.277 e. The summed E-state index contributed by atoms with van der Waals surface area (Å²) in [5.74, 6) is -0.959. The van der Waals surface area contributed by atoms with Gasteiger partial charge in [0.2, 0.25) is 0 Å². The lowest BCUT2D eigenvalue weighted by Gasteiger charge is -2.14. The van der Waals surface area contributed by atoms with Gasteiger partial charge in [-0.1, -0.05) is 11.6 Å². The van der Waals surface area contributed by atoms with Crippen molar-refractivity contribution in [1.82, 2.24) is 10.0 Å². The molecule has 6 heteroatoms. The third-order valence-electron chi connectivity index (χ3n) is 2.55. The second-order valence-corrected chi connectivity index (χ2v) is 4.06. The van der Waals surface area contributed by atoms with Crippen LogP contribution in [0.4, 0.5) is 4.39 Å². The third-order valence-corrected chi connectivity index (χ3v) is 2.77. The molecule has 0 bridgehead atoms. The van der Waals surface area contributed by atoms with Crippen LogP contribution in [-0.2, 0) is 4.84 Å². The summed E-state index contributed by atoms with van der Waals surface area (Å²) in [6.07, 6.45) is 1.37. The van der Waals surface area contributed by atoms with E-state index in [1.165, 1.54) is 32.5 Å². The molecule has 0 unspecified atom stereocenters. The molecule has 0 saturated carbocycles. The molecule has 94 valence electrons. The van der Waals surface area contributed by atoms with Crippen LogP contribution >= 0.6 is 11.6 Å². The van der Waals surface area contributed by atoms with E-state index in [-0.39, 0.29) is 16.1 Å². The number of rotatable bonds is 2. The van der Waals surface area contributed by atoms with E-state index in [9.17, 15) is 9.18 Å². The van der Waals surface area contributed by atoms with Crippen LogP contribution in [0.1, 0.15) is 10.4 Å². The Morgan fingerprint density at radius 2 is 2.22 bits per heavy atom. The molecule has 0 spiro atoms. The van der Waals surface area contributed by atoms with Gasteiger partial charge in [-0.2, -0.15) is 0 Å². The summed E-state index contributed by atoms with van der Waals surface area (Å²) in [6, 6.07) is 4.16. The number of pyridine rings is 1. The number of halogens is 2. The quantitative estimate of drug-likeness (QED) is 0.787. The van der Waals surface area contributed by atoms with Crippen molar-refractivity contribution in [3.63, 3.8) is 0 Å². The fraction of sp³-hybridized carbons (Fsp3) is 0.167. The molecule has 1 aromatic carbocycles. The summed E-state index contributed by atoms with van der Waals surface area (Å²) in [5, 5.41) is 1.62. The lowest BCUT2D eigenvalue weighted by atomic mass is 10.1. The van der Waals surface area contributed by atoms with Gasteiger partial charge in [-0.15, -0.1) is 0 Å². The highest BCUT2D eigenvalue weighted by atomic mass is 35.5. The number of hydrogen-bond donors (Lipinski definition) is 0. The average Bonchev–Trinajstić information content (AvgIpc) is 2.36. The molecule has 1 amide bonds. The molecular weight excluding hydrogens is 259 g/mol. The average molecular weight is 269 g/mol. The van der Waals surface area contributed by atoms with Crippen molar-refractivity contribution in [1.29, 1.82) is 0 Å². The van der Waals surface area contributed by atoms with Gasteiger partial charge in [0.25, 0.3) is 5.91 Å². The van der Waals surface area contributed by atoms with Crippen molar-refractivity contribution in [2.45, 2.75) is 0 Å². The molecule has 2 rings (SSSR count). The predicted molar refractivity (Wildman–Crippen MR) is 65.8 cm³/mol. The van der Waals surface area contributed by atoms with Gasteiger partial charge in [0, 0.05) is 23.7 Å². The number of aromatic nitrogens is 1. The van der Waals surface area contributed by atoms with Gasteiger partial charge < -0.3 is 0 Å². The van der Waals surface area contributed by atoms with Gasteiger partial charge in [-0.3, -0.25) is 14.6 Å². The van der Waals surface area contributed by atoms with Crippen molar-refractivity contribution in [2.24, 2.45) is 0 Å². The molecule has 0 aliphatic rings. The Bertz CT molecular complexity index is 618. The van der Waals surface area contributed by atoms with E-state index in [4.69, 9.17) is 16.4 Å². The van der Waals surface area contributed by atoms with Crippen LogP contribution in [0.25, 0.3) is 10.9 Å². The van der Waals surface area contributed by atoms with Crippen molar-refractivity contribution < 1.29 is 14.0 Å². The van der Waals surface area contributed by atoms with Crippen molar-refractivity contribution in [2.75, 3.05) is 14.2 Å². The first-order valence-electron chi connectivity index (χ1n) is 5.10. The minimum atomic E-state index is -0.563. The highest BCUT2D eigenvalue weighted by Gasteiger charge is 2.17. The molecule has 1 aromatic heterocycles. The summed E-state index contributed by atoms with van der Waals surface area (Å²) >= 11 is 5.79. The Balaban J connectivity index is 2.69. The van der Waals surface area contributed by atoms with Crippen LogP contribution in [0.2, 0.25) is 5.02 Å². The van der Waals surface area contributed by atoms with Gasteiger partial charge in [0.05, 0.1) is 12.7 Å². The van der Waals surface area contributed by atoms with Crippen LogP contribution in [0.3, 0.4) is 0 Å². The van der Waals surface area contributed by atoms with E-state index < -0.39 is 11.7 Å². The minimum absolute atomic E-state index is 0.106. The van der Waals surface area contributed by atoms with E-state index >= 15 is 0 Å². The number of carbonyl (C=O) groups excluding carboxylic acids is 1. The molecule has 0 atom stereocenters. The van der Waals surface area contributed by atoms with Gasteiger partial charge in [-0.05, 0) is 18.2 Å². The number of benzene rings is 1. The largest absolute Gasteiger partial charge is 0.277 e.